The Labute approximate surface area is 154 Å². The Balaban J connectivity index is 0.00000288. The van der Waals surface area contributed by atoms with Crippen molar-refractivity contribution in [3.63, 3.8) is 0 Å². The number of hydrogen-bond acceptors (Lipinski definition) is 3. The van der Waals surface area contributed by atoms with Gasteiger partial charge in [-0.2, -0.15) is 0 Å². The van der Waals surface area contributed by atoms with Crippen LogP contribution in [0, 0.1) is 5.92 Å². The molecule has 5 nitrogen and oxygen atoms in total. The zero-order valence-electron chi connectivity index (χ0n) is 14.0. The second kappa shape index (κ2) is 9.87. The molecule has 1 aromatic carbocycles. The first-order chi connectivity index (χ1) is 11.0. The van der Waals surface area contributed by atoms with Crippen LogP contribution in [0.15, 0.2) is 24.3 Å². The predicted molar refractivity (Wildman–Crippen MR) is 98.8 cm³/mol. The van der Waals surface area contributed by atoms with Gasteiger partial charge in [-0.1, -0.05) is 25.4 Å². The minimum atomic E-state index is -0.529. The largest absolute Gasteiger partial charge is 0.350 e. The third-order valence-electron chi connectivity index (χ3n) is 3.84. The third kappa shape index (κ3) is 6.30. The molecule has 2 amide bonds. The summed E-state index contributed by atoms with van der Waals surface area (Å²) in [5.74, 6) is -0.0697. The maximum atomic E-state index is 12.5. The zero-order chi connectivity index (χ0) is 16.8. The molecular formula is C17H25Cl2N3O2. The van der Waals surface area contributed by atoms with Crippen molar-refractivity contribution in [3.8, 4) is 0 Å². The average Bonchev–Trinajstić information content (AvgIpc) is 2.99. The fraction of sp³-hybridized carbons (Fsp3) is 0.529. The highest BCUT2D eigenvalue weighted by atomic mass is 35.5. The molecule has 7 heteroatoms. The van der Waals surface area contributed by atoms with E-state index in [0.29, 0.717) is 22.9 Å². The quantitative estimate of drug-likeness (QED) is 0.716. The van der Waals surface area contributed by atoms with Gasteiger partial charge in [0.1, 0.15) is 6.04 Å². The van der Waals surface area contributed by atoms with Crippen LogP contribution in [0.4, 0.5) is 0 Å². The Morgan fingerprint density at radius 2 is 1.96 bits per heavy atom. The molecule has 1 aliphatic rings. The summed E-state index contributed by atoms with van der Waals surface area (Å²) in [5.41, 5.74) is 0.499. The van der Waals surface area contributed by atoms with E-state index in [2.05, 4.69) is 16.0 Å². The monoisotopic (exact) mass is 373 g/mol. The molecule has 134 valence electrons. The molecule has 2 unspecified atom stereocenters. The first-order valence-corrected chi connectivity index (χ1v) is 8.41. The van der Waals surface area contributed by atoms with Crippen LogP contribution in [-0.2, 0) is 4.79 Å². The van der Waals surface area contributed by atoms with E-state index in [-0.39, 0.29) is 30.3 Å². The molecule has 3 N–H and O–H groups in total. The fourth-order valence-corrected chi connectivity index (χ4v) is 2.75. The van der Waals surface area contributed by atoms with Crippen LogP contribution in [0.1, 0.15) is 37.0 Å². The number of nitrogens with one attached hydrogen (secondary N) is 3. The lowest BCUT2D eigenvalue weighted by atomic mass is 10.0. The lowest BCUT2D eigenvalue weighted by molar-refractivity contribution is -0.123. The third-order valence-corrected chi connectivity index (χ3v) is 4.09. The van der Waals surface area contributed by atoms with Crippen LogP contribution in [0.2, 0.25) is 5.02 Å². The summed E-state index contributed by atoms with van der Waals surface area (Å²) >= 11 is 5.83. The zero-order valence-corrected chi connectivity index (χ0v) is 15.5. The normalized spacial score (nSPS) is 17.9. The number of amides is 2. The van der Waals surface area contributed by atoms with Gasteiger partial charge in [-0.15, -0.1) is 12.4 Å². The molecule has 2 atom stereocenters. The van der Waals surface area contributed by atoms with Gasteiger partial charge in [-0.3, -0.25) is 9.59 Å². The van der Waals surface area contributed by atoms with Crippen molar-refractivity contribution in [2.45, 2.75) is 38.8 Å². The topological polar surface area (TPSA) is 70.2 Å². The van der Waals surface area contributed by atoms with Crippen LogP contribution in [0.5, 0.6) is 0 Å². The average molecular weight is 374 g/mol. The van der Waals surface area contributed by atoms with Crippen LogP contribution in [0.3, 0.4) is 0 Å². The molecule has 0 aromatic heterocycles. The molecule has 0 radical (unpaired) electrons. The summed E-state index contributed by atoms with van der Waals surface area (Å²) in [4.78, 5) is 24.8. The van der Waals surface area contributed by atoms with E-state index in [1.54, 1.807) is 24.3 Å². The Hall–Kier alpha value is -1.30. The molecular weight excluding hydrogens is 349 g/mol. The van der Waals surface area contributed by atoms with Gasteiger partial charge in [0.2, 0.25) is 5.91 Å². The van der Waals surface area contributed by atoms with Crippen LogP contribution >= 0.6 is 24.0 Å². The first-order valence-electron chi connectivity index (χ1n) is 8.03. The minimum Gasteiger partial charge on any atom is -0.350 e. The van der Waals surface area contributed by atoms with Crippen molar-refractivity contribution in [3.05, 3.63) is 34.9 Å². The smallest absolute Gasteiger partial charge is 0.251 e. The number of carbonyl (C=O) groups is 2. The number of hydrogen-bond donors (Lipinski definition) is 3. The molecule has 1 aromatic rings. The van der Waals surface area contributed by atoms with Gasteiger partial charge in [-0.05, 0) is 49.6 Å². The summed E-state index contributed by atoms with van der Waals surface area (Å²) in [6.07, 6.45) is 1.52. The summed E-state index contributed by atoms with van der Waals surface area (Å²) in [7, 11) is 0. The van der Waals surface area contributed by atoms with Crippen LogP contribution < -0.4 is 16.0 Å². The summed E-state index contributed by atoms with van der Waals surface area (Å²) < 4.78 is 0. The standard InChI is InChI=1S/C17H24ClN3O2.ClH/c1-11(2)9-15(17(23)20-14-7-8-19-10-14)21-16(22)12-3-5-13(18)6-4-12;/h3-6,11,14-15,19H,7-10H2,1-2H3,(H,20,23)(H,21,22);1H. The van der Waals surface area contributed by atoms with E-state index in [1.165, 1.54) is 0 Å². The van der Waals surface area contributed by atoms with Gasteiger partial charge in [0, 0.05) is 23.2 Å². The Morgan fingerprint density at radius 3 is 2.50 bits per heavy atom. The fourth-order valence-electron chi connectivity index (χ4n) is 2.63. The van der Waals surface area contributed by atoms with Gasteiger partial charge < -0.3 is 16.0 Å². The number of rotatable bonds is 6. The number of halogens is 2. The number of benzene rings is 1. The highest BCUT2D eigenvalue weighted by Gasteiger charge is 2.25. The van der Waals surface area contributed by atoms with Crippen LogP contribution in [0.25, 0.3) is 0 Å². The lowest BCUT2D eigenvalue weighted by Crippen LogP contribution is -2.50. The van der Waals surface area contributed by atoms with Crippen molar-refractivity contribution in [1.82, 2.24) is 16.0 Å². The van der Waals surface area contributed by atoms with Gasteiger partial charge in [-0.25, -0.2) is 0 Å². The highest BCUT2D eigenvalue weighted by molar-refractivity contribution is 6.30. The molecule has 0 aliphatic carbocycles. The summed E-state index contributed by atoms with van der Waals surface area (Å²) in [6, 6.07) is 6.26. The second-order valence-electron chi connectivity index (χ2n) is 6.36. The molecule has 0 bridgehead atoms. The van der Waals surface area contributed by atoms with Crippen molar-refractivity contribution < 1.29 is 9.59 Å². The van der Waals surface area contributed by atoms with Gasteiger partial charge in [0.15, 0.2) is 0 Å². The van der Waals surface area contributed by atoms with Gasteiger partial charge in [0.25, 0.3) is 5.91 Å². The first kappa shape index (κ1) is 20.7. The number of carbonyl (C=O) groups excluding carboxylic acids is 2. The lowest BCUT2D eigenvalue weighted by Gasteiger charge is -2.22. The Bertz CT molecular complexity index is 543. The van der Waals surface area contributed by atoms with Crippen LogP contribution in [-0.4, -0.2) is 37.0 Å². The van der Waals surface area contributed by atoms with Crippen molar-refractivity contribution in [2.75, 3.05) is 13.1 Å². The van der Waals surface area contributed by atoms with Crippen molar-refractivity contribution >= 4 is 35.8 Å². The SMILES string of the molecule is CC(C)CC(NC(=O)c1ccc(Cl)cc1)C(=O)NC1CCNC1.Cl. The molecule has 1 heterocycles. The maximum absolute atomic E-state index is 12.5. The maximum Gasteiger partial charge on any atom is 0.251 e. The van der Waals surface area contributed by atoms with E-state index in [0.717, 1.165) is 19.5 Å². The molecule has 24 heavy (non-hydrogen) atoms. The molecule has 2 rings (SSSR count). The van der Waals surface area contributed by atoms with Crippen molar-refractivity contribution in [1.29, 1.82) is 0 Å². The molecule has 0 saturated carbocycles. The van der Waals surface area contributed by atoms with E-state index < -0.39 is 6.04 Å². The van der Waals surface area contributed by atoms with Gasteiger partial charge >= 0.3 is 0 Å². The van der Waals surface area contributed by atoms with E-state index >= 15 is 0 Å². The predicted octanol–water partition coefficient (Wildman–Crippen LogP) is 2.38. The minimum absolute atomic E-state index is 0. The second-order valence-corrected chi connectivity index (χ2v) is 6.80. The van der Waals surface area contributed by atoms with Gasteiger partial charge in [0.05, 0.1) is 0 Å². The molecule has 0 spiro atoms. The van der Waals surface area contributed by atoms with E-state index in [4.69, 9.17) is 11.6 Å². The molecule has 1 saturated heterocycles. The Kier molecular flexibility index (Phi) is 8.53. The van der Waals surface area contributed by atoms with E-state index in [9.17, 15) is 9.59 Å². The summed E-state index contributed by atoms with van der Waals surface area (Å²) in [6.45, 7) is 5.76. The summed E-state index contributed by atoms with van der Waals surface area (Å²) in [5, 5.41) is 9.65. The van der Waals surface area contributed by atoms with Crippen molar-refractivity contribution in [2.24, 2.45) is 5.92 Å². The Morgan fingerprint density at radius 1 is 1.29 bits per heavy atom. The molecule has 1 fully saturated rings. The molecule has 1 aliphatic heterocycles. The van der Waals surface area contributed by atoms with E-state index in [1.807, 2.05) is 13.8 Å². The highest BCUT2D eigenvalue weighted by Crippen LogP contribution is 2.11.